The van der Waals surface area contributed by atoms with Gasteiger partial charge in [-0.1, -0.05) is 60.5 Å². The van der Waals surface area contributed by atoms with Crippen molar-refractivity contribution in [2.24, 2.45) is 0 Å². The summed E-state index contributed by atoms with van der Waals surface area (Å²) in [6.07, 6.45) is 4.43. The van der Waals surface area contributed by atoms with E-state index in [-0.39, 0.29) is 6.54 Å². The summed E-state index contributed by atoms with van der Waals surface area (Å²) >= 11 is 0. The van der Waals surface area contributed by atoms with E-state index in [4.69, 9.17) is 14.4 Å². The summed E-state index contributed by atoms with van der Waals surface area (Å²) in [5.74, 6) is 2.46. The molecule has 12 heteroatoms. The standard InChI is InChI=1S/C36H36N8O4/c1-4-5-8-25-20-34(44(42-25)26-13-11-23(2)12-14-26)41-36(46)39-31-15-16-32(30-10-7-6-9-29(30)31)47-27-17-18-37-33(21-27)40-35(45)38-22-28-19-24(3)43-48-28/h6-7,9-21H,4-5,8,22H2,1-3H3,(H2,39,41,46)(H2,37,38,40,45). The van der Waals surface area contributed by atoms with Gasteiger partial charge in [0, 0.05) is 35.2 Å². The third-order valence-corrected chi connectivity index (χ3v) is 7.50. The van der Waals surface area contributed by atoms with Crippen LogP contribution >= 0.6 is 0 Å². The van der Waals surface area contributed by atoms with Crippen LogP contribution in [0.2, 0.25) is 0 Å². The Hall–Kier alpha value is -6.17. The van der Waals surface area contributed by atoms with Gasteiger partial charge in [0.2, 0.25) is 0 Å². The molecule has 0 atom stereocenters. The lowest BCUT2D eigenvalue weighted by Gasteiger charge is -2.15. The number of urea groups is 2. The van der Waals surface area contributed by atoms with Gasteiger partial charge in [-0.3, -0.25) is 10.6 Å². The highest BCUT2D eigenvalue weighted by Gasteiger charge is 2.15. The second-order valence-corrected chi connectivity index (χ2v) is 11.3. The van der Waals surface area contributed by atoms with Gasteiger partial charge in [0.25, 0.3) is 0 Å². The molecule has 4 N–H and O–H groups in total. The molecule has 0 aliphatic heterocycles. The van der Waals surface area contributed by atoms with Gasteiger partial charge in [-0.25, -0.2) is 19.3 Å². The summed E-state index contributed by atoms with van der Waals surface area (Å²) in [5.41, 5.74) is 4.26. The minimum absolute atomic E-state index is 0.184. The maximum atomic E-state index is 13.4. The number of carbonyl (C=O) groups is 2. The molecular weight excluding hydrogens is 608 g/mol. The number of nitrogens with one attached hydrogen (secondary N) is 4. The number of rotatable bonds is 11. The number of unbranched alkanes of at least 4 members (excludes halogenated alkanes) is 1. The molecule has 0 unspecified atom stereocenters. The second kappa shape index (κ2) is 14.5. The lowest BCUT2D eigenvalue weighted by atomic mass is 10.1. The Bertz CT molecular complexity index is 2050. The summed E-state index contributed by atoms with van der Waals surface area (Å²) in [6, 6.07) is 25.4. The molecule has 6 rings (SSSR count). The molecule has 3 aromatic heterocycles. The van der Waals surface area contributed by atoms with E-state index in [0.29, 0.717) is 34.6 Å². The molecule has 12 nitrogen and oxygen atoms in total. The number of hydrogen-bond donors (Lipinski definition) is 4. The second-order valence-electron chi connectivity index (χ2n) is 11.3. The highest BCUT2D eigenvalue weighted by molar-refractivity contribution is 6.07. The van der Waals surface area contributed by atoms with E-state index in [2.05, 4.69) is 38.3 Å². The van der Waals surface area contributed by atoms with Crippen molar-refractivity contribution in [3.8, 4) is 17.2 Å². The first kappa shape index (κ1) is 31.8. The van der Waals surface area contributed by atoms with Gasteiger partial charge in [-0.2, -0.15) is 5.10 Å². The average Bonchev–Trinajstić information content (AvgIpc) is 3.69. The number of amides is 4. The summed E-state index contributed by atoms with van der Waals surface area (Å²) in [4.78, 5) is 30.0. The Labute approximate surface area is 277 Å². The monoisotopic (exact) mass is 644 g/mol. The van der Waals surface area contributed by atoms with Crippen molar-refractivity contribution in [2.45, 2.75) is 46.6 Å². The lowest BCUT2D eigenvalue weighted by molar-refractivity contribution is 0.250. The van der Waals surface area contributed by atoms with Crippen molar-refractivity contribution in [3.63, 3.8) is 0 Å². The number of ether oxygens (including phenoxy) is 1. The van der Waals surface area contributed by atoms with Crippen LogP contribution in [-0.2, 0) is 13.0 Å². The molecule has 0 saturated heterocycles. The molecule has 0 fully saturated rings. The zero-order chi connectivity index (χ0) is 33.5. The zero-order valence-electron chi connectivity index (χ0n) is 26.9. The van der Waals surface area contributed by atoms with Crippen LogP contribution < -0.4 is 26.0 Å². The predicted octanol–water partition coefficient (Wildman–Crippen LogP) is 8.13. The first-order valence-electron chi connectivity index (χ1n) is 15.7. The average molecular weight is 645 g/mol. The number of pyridine rings is 1. The molecule has 0 aliphatic rings. The highest BCUT2D eigenvalue weighted by atomic mass is 16.5. The van der Waals surface area contributed by atoms with E-state index in [1.165, 1.54) is 0 Å². The van der Waals surface area contributed by atoms with Crippen LogP contribution in [0.3, 0.4) is 0 Å². The topological polar surface area (TPSA) is 148 Å². The minimum Gasteiger partial charge on any atom is -0.457 e. The van der Waals surface area contributed by atoms with Gasteiger partial charge in [0.15, 0.2) is 5.76 Å². The molecular formula is C36H36N8O4. The van der Waals surface area contributed by atoms with Gasteiger partial charge >= 0.3 is 12.1 Å². The molecule has 3 aromatic carbocycles. The first-order valence-corrected chi connectivity index (χ1v) is 15.7. The highest BCUT2D eigenvalue weighted by Crippen LogP contribution is 2.35. The van der Waals surface area contributed by atoms with E-state index in [9.17, 15) is 9.59 Å². The van der Waals surface area contributed by atoms with Crippen molar-refractivity contribution in [1.29, 1.82) is 0 Å². The van der Waals surface area contributed by atoms with Crippen LogP contribution in [0.4, 0.5) is 26.9 Å². The third-order valence-electron chi connectivity index (χ3n) is 7.50. The summed E-state index contributed by atoms with van der Waals surface area (Å²) < 4.78 is 13.1. The van der Waals surface area contributed by atoms with Gasteiger partial charge in [-0.05, 0) is 57.0 Å². The van der Waals surface area contributed by atoms with Crippen molar-refractivity contribution in [3.05, 3.63) is 114 Å². The van der Waals surface area contributed by atoms with Crippen molar-refractivity contribution in [2.75, 3.05) is 16.0 Å². The van der Waals surface area contributed by atoms with Crippen LogP contribution in [0.15, 0.2) is 95.6 Å². The van der Waals surface area contributed by atoms with Gasteiger partial charge in [-0.15, -0.1) is 0 Å². The van der Waals surface area contributed by atoms with E-state index in [1.54, 1.807) is 48.1 Å². The third kappa shape index (κ3) is 7.79. The Kier molecular flexibility index (Phi) is 9.61. The van der Waals surface area contributed by atoms with Gasteiger partial charge in [0.1, 0.15) is 23.1 Å². The Balaban J connectivity index is 1.16. The SMILES string of the molecule is CCCCc1cc(NC(=O)Nc2ccc(Oc3ccnc(NC(=O)NCc4cc(C)no4)c3)c3ccccc23)n(-c2ccc(C)cc2)n1. The molecule has 3 heterocycles. The quantitative estimate of drug-likeness (QED) is 0.111. The maximum Gasteiger partial charge on any atom is 0.324 e. The zero-order valence-corrected chi connectivity index (χ0v) is 26.9. The largest absolute Gasteiger partial charge is 0.457 e. The number of benzene rings is 3. The number of anilines is 3. The summed E-state index contributed by atoms with van der Waals surface area (Å²) in [5, 5.41) is 21.6. The van der Waals surface area contributed by atoms with Crippen molar-refractivity contribution >= 4 is 40.2 Å². The molecule has 0 radical (unpaired) electrons. The minimum atomic E-state index is -0.452. The summed E-state index contributed by atoms with van der Waals surface area (Å²) in [6.45, 7) is 6.16. The van der Waals surface area contributed by atoms with Crippen LogP contribution in [0.5, 0.6) is 11.5 Å². The maximum absolute atomic E-state index is 13.4. The molecule has 6 aromatic rings. The Morgan fingerprint density at radius 2 is 1.69 bits per heavy atom. The number of hydrogen-bond acceptors (Lipinski definition) is 7. The molecule has 0 aliphatic carbocycles. The summed E-state index contributed by atoms with van der Waals surface area (Å²) in [7, 11) is 0. The number of nitrogens with zero attached hydrogens (tertiary/aromatic N) is 4. The Morgan fingerprint density at radius 1 is 0.875 bits per heavy atom. The number of aromatic nitrogens is 4. The van der Waals surface area contributed by atoms with Crippen LogP contribution in [0, 0.1) is 13.8 Å². The number of carbonyl (C=O) groups excluding carboxylic acids is 2. The number of aryl methyl sites for hydroxylation is 3. The van der Waals surface area contributed by atoms with E-state index in [1.807, 2.05) is 61.5 Å². The van der Waals surface area contributed by atoms with E-state index >= 15 is 0 Å². The van der Waals surface area contributed by atoms with Gasteiger partial charge < -0.3 is 19.9 Å². The first-order chi connectivity index (χ1) is 23.3. The van der Waals surface area contributed by atoms with Crippen LogP contribution in [0.25, 0.3) is 16.5 Å². The van der Waals surface area contributed by atoms with Crippen LogP contribution in [-0.4, -0.2) is 32.0 Å². The fourth-order valence-electron chi connectivity index (χ4n) is 5.12. The molecule has 0 spiro atoms. The molecule has 4 amide bonds. The fourth-order valence-corrected chi connectivity index (χ4v) is 5.12. The fraction of sp³-hybridized carbons (Fsp3) is 0.194. The van der Waals surface area contributed by atoms with Gasteiger partial charge in [0.05, 0.1) is 29.3 Å². The molecule has 244 valence electrons. The normalized spacial score (nSPS) is 10.9. The molecule has 0 saturated carbocycles. The smallest absolute Gasteiger partial charge is 0.324 e. The van der Waals surface area contributed by atoms with Crippen molar-refractivity contribution in [1.82, 2.24) is 25.2 Å². The molecule has 0 bridgehead atoms. The van der Waals surface area contributed by atoms with E-state index < -0.39 is 12.1 Å². The predicted molar refractivity (Wildman–Crippen MR) is 185 cm³/mol. The Morgan fingerprint density at radius 3 is 2.46 bits per heavy atom. The van der Waals surface area contributed by atoms with Crippen LogP contribution in [0.1, 0.15) is 42.5 Å². The lowest BCUT2D eigenvalue weighted by Crippen LogP contribution is -2.28. The van der Waals surface area contributed by atoms with E-state index in [0.717, 1.165) is 52.7 Å². The van der Waals surface area contributed by atoms with Crippen molar-refractivity contribution < 1.29 is 18.8 Å². The molecule has 48 heavy (non-hydrogen) atoms. The number of fused-ring (bicyclic) bond motifs is 1.